The number of benzene rings is 1. The van der Waals surface area contributed by atoms with Crippen LogP contribution in [0.3, 0.4) is 0 Å². The second-order valence-electron chi connectivity index (χ2n) is 6.66. The van der Waals surface area contributed by atoms with Gasteiger partial charge in [0.25, 0.3) is 0 Å². The number of nitrogens with zero attached hydrogens (tertiary/aromatic N) is 2. The minimum absolute atomic E-state index is 0.0341. The summed E-state index contributed by atoms with van der Waals surface area (Å²) in [5, 5.41) is 2.88. The second kappa shape index (κ2) is 9.77. The lowest BCUT2D eigenvalue weighted by molar-refractivity contribution is -0.121. The van der Waals surface area contributed by atoms with Crippen LogP contribution < -0.4 is 9.62 Å². The van der Waals surface area contributed by atoms with Crippen LogP contribution in [-0.2, 0) is 14.8 Å². The third-order valence-corrected chi connectivity index (χ3v) is 5.29. The van der Waals surface area contributed by atoms with E-state index in [0.717, 1.165) is 24.1 Å². The van der Waals surface area contributed by atoms with Gasteiger partial charge in [0.15, 0.2) is 0 Å². The maximum Gasteiger partial charge on any atom is 0.232 e. The predicted molar refractivity (Wildman–Crippen MR) is 104 cm³/mol. The zero-order chi connectivity index (χ0) is 19.0. The van der Waals surface area contributed by atoms with E-state index < -0.39 is 10.0 Å². The Balaban J connectivity index is 2.59. The highest BCUT2D eigenvalue weighted by Gasteiger charge is 2.19. The number of rotatable bonds is 10. The summed E-state index contributed by atoms with van der Waals surface area (Å²) in [7, 11) is 0.600. The Kier molecular flexibility index (Phi) is 8.38. The van der Waals surface area contributed by atoms with Gasteiger partial charge in [0.1, 0.15) is 0 Å². The summed E-state index contributed by atoms with van der Waals surface area (Å²) in [4.78, 5) is 14.0. The molecule has 7 heteroatoms. The summed E-state index contributed by atoms with van der Waals surface area (Å²) in [6, 6.07) is 5.62. The maximum atomic E-state index is 12.2. The third kappa shape index (κ3) is 7.44. The van der Waals surface area contributed by atoms with Gasteiger partial charge >= 0.3 is 0 Å². The summed E-state index contributed by atoms with van der Waals surface area (Å²) in [5.74, 6) is -0.0341. The lowest BCUT2D eigenvalue weighted by Crippen LogP contribution is -2.33. The molecule has 0 fully saturated rings. The number of carbonyl (C=O) groups excluding carboxylic acids is 1. The lowest BCUT2D eigenvalue weighted by atomic mass is 10.1. The van der Waals surface area contributed by atoms with Gasteiger partial charge in [-0.3, -0.25) is 9.10 Å². The van der Waals surface area contributed by atoms with Crippen molar-refractivity contribution in [2.45, 2.75) is 33.1 Å². The van der Waals surface area contributed by atoms with Crippen LogP contribution in [0.5, 0.6) is 0 Å². The molecular weight excluding hydrogens is 338 g/mol. The highest BCUT2D eigenvalue weighted by atomic mass is 32.2. The fourth-order valence-electron chi connectivity index (χ4n) is 2.57. The normalized spacial score (nSPS) is 11.6. The first-order chi connectivity index (χ1) is 11.6. The van der Waals surface area contributed by atoms with Crippen molar-refractivity contribution < 1.29 is 13.2 Å². The van der Waals surface area contributed by atoms with Crippen molar-refractivity contribution in [3.8, 4) is 0 Å². The number of aryl methyl sites for hydroxylation is 1. The monoisotopic (exact) mass is 369 g/mol. The summed E-state index contributed by atoms with van der Waals surface area (Å²) in [6.07, 6.45) is 2.91. The zero-order valence-electron chi connectivity index (χ0n) is 16.0. The van der Waals surface area contributed by atoms with Crippen molar-refractivity contribution in [3.05, 3.63) is 29.3 Å². The number of amides is 1. The fourth-order valence-corrected chi connectivity index (χ4v) is 3.58. The molecule has 25 heavy (non-hydrogen) atoms. The van der Waals surface area contributed by atoms with Crippen LogP contribution in [0.2, 0.25) is 0 Å². The van der Waals surface area contributed by atoms with E-state index in [2.05, 4.69) is 10.2 Å². The SMILES string of the molecule is Cc1cccc(N(CCCC(=O)NCCCN(C)C)S(C)(=O)=O)c1C. The van der Waals surface area contributed by atoms with Gasteiger partial charge in [0.2, 0.25) is 15.9 Å². The van der Waals surface area contributed by atoms with Crippen LogP contribution in [0, 0.1) is 13.8 Å². The van der Waals surface area contributed by atoms with Crippen molar-refractivity contribution in [2.75, 3.05) is 44.3 Å². The molecule has 0 bridgehead atoms. The van der Waals surface area contributed by atoms with Gasteiger partial charge in [-0.05, 0) is 64.5 Å². The van der Waals surface area contributed by atoms with Crippen molar-refractivity contribution in [2.24, 2.45) is 0 Å². The molecule has 1 aromatic carbocycles. The predicted octanol–water partition coefficient (Wildman–Crippen LogP) is 1.92. The molecule has 0 aromatic heterocycles. The highest BCUT2D eigenvalue weighted by molar-refractivity contribution is 7.92. The minimum Gasteiger partial charge on any atom is -0.356 e. The van der Waals surface area contributed by atoms with E-state index in [0.29, 0.717) is 31.6 Å². The van der Waals surface area contributed by atoms with Gasteiger partial charge in [-0.2, -0.15) is 0 Å². The average Bonchev–Trinajstić information content (AvgIpc) is 2.50. The maximum absolute atomic E-state index is 12.2. The molecule has 0 aliphatic rings. The molecule has 6 nitrogen and oxygen atoms in total. The minimum atomic E-state index is -3.39. The molecule has 0 saturated heterocycles. The molecule has 142 valence electrons. The molecule has 0 saturated carbocycles. The summed E-state index contributed by atoms with van der Waals surface area (Å²) in [5.41, 5.74) is 2.68. The molecular formula is C18H31N3O3S. The van der Waals surface area contributed by atoms with Crippen LogP contribution in [0.1, 0.15) is 30.4 Å². The van der Waals surface area contributed by atoms with Crippen LogP contribution >= 0.6 is 0 Å². The average molecular weight is 370 g/mol. The van der Waals surface area contributed by atoms with Crippen LogP contribution in [0.15, 0.2) is 18.2 Å². The van der Waals surface area contributed by atoms with Crippen LogP contribution in [0.4, 0.5) is 5.69 Å². The van der Waals surface area contributed by atoms with E-state index in [9.17, 15) is 13.2 Å². The van der Waals surface area contributed by atoms with Gasteiger partial charge in [0, 0.05) is 19.5 Å². The van der Waals surface area contributed by atoms with E-state index in [4.69, 9.17) is 0 Å². The summed E-state index contributed by atoms with van der Waals surface area (Å²) >= 11 is 0. The highest BCUT2D eigenvalue weighted by Crippen LogP contribution is 2.25. The van der Waals surface area contributed by atoms with Crippen molar-refractivity contribution in [1.29, 1.82) is 0 Å². The lowest BCUT2D eigenvalue weighted by Gasteiger charge is -2.24. The Morgan fingerprint density at radius 3 is 2.40 bits per heavy atom. The largest absolute Gasteiger partial charge is 0.356 e. The standard InChI is InChI=1S/C18H31N3O3S/c1-15-9-6-10-17(16(15)2)21(25(5,23)24)14-7-11-18(22)19-12-8-13-20(3)4/h6,9-10H,7-8,11-14H2,1-5H3,(H,19,22). The molecule has 1 amide bonds. The zero-order valence-corrected chi connectivity index (χ0v) is 16.8. The van der Waals surface area contributed by atoms with E-state index in [1.54, 1.807) is 0 Å². The summed E-state index contributed by atoms with van der Waals surface area (Å²) < 4.78 is 25.7. The van der Waals surface area contributed by atoms with E-state index >= 15 is 0 Å². The van der Waals surface area contributed by atoms with Gasteiger partial charge in [-0.15, -0.1) is 0 Å². The molecule has 1 N–H and O–H groups in total. The first-order valence-corrected chi connectivity index (χ1v) is 10.4. The fraction of sp³-hybridized carbons (Fsp3) is 0.611. The van der Waals surface area contributed by atoms with Gasteiger partial charge in [0.05, 0.1) is 11.9 Å². The Morgan fingerprint density at radius 1 is 1.12 bits per heavy atom. The van der Waals surface area contributed by atoms with Crippen molar-refractivity contribution in [3.63, 3.8) is 0 Å². The Labute approximate surface area is 152 Å². The first kappa shape index (κ1) is 21.4. The van der Waals surface area contributed by atoms with Gasteiger partial charge < -0.3 is 10.2 Å². The van der Waals surface area contributed by atoms with Crippen molar-refractivity contribution >= 4 is 21.6 Å². The number of anilines is 1. The van der Waals surface area contributed by atoms with Gasteiger partial charge in [-0.1, -0.05) is 12.1 Å². The summed E-state index contributed by atoms with van der Waals surface area (Å²) in [6.45, 7) is 5.74. The molecule has 0 spiro atoms. The molecule has 0 heterocycles. The molecule has 0 atom stereocenters. The molecule has 0 unspecified atom stereocenters. The van der Waals surface area contributed by atoms with E-state index in [1.165, 1.54) is 10.6 Å². The molecule has 1 aromatic rings. The second-order valence-corrected chi connectivity index (χ2v) is 8.57. The van der Waals surface area contributed by atoms with Crippen LogP contribution in [0.25, 0.3) is 0 Å². The first-order valence-electron chi connectivity index (χ1n) is 8.58. The molecule has 0 radical (unpaired) electrons. The molecule has 1 rings (SSSR count). The topological polar surface area (TPSA) is 69.7 Å². The van der Waals surface area contributed by atoms with E-state index in [-0.39, 0.29) is 5.91 Å². The Hall–Kier alpha value is -1.60. The number of sulfonamides is 1. The van der Waals surface area contributed by atoms with E-state index in [1.807, 2.05) is 46.1 Å². The smallest absolute Gasteiger partial charge is 0.232 e. The number of nitrogens with one attached hydrogen (secondary N) is 1. The number of hydrogen-bond donors (Lipinski definition) is 1. The number of hydrogen-bond acceptors (Lipinski definition) is 4. The van der Waals surface area contributed by atoms with Crippen LogP contribution in [-0.4, -0.2) is 59.2 Å². The Bertz CT molecular complexity index is 672. The third-order valence-electron chi connectivity index (χ3n) is 4.11. The van der Waals surface area contributed by atoms with Crippen molar-refractivity contribution in [1.82, 2.24) is 10.2 Å². The number of carbonyl (C=O) groups is 1. The quantitative estimate of drug-likeness (QED) is 0.640. The van der Waals surface area contributed by atoms with Gasteiger partial charge in [-0.25, -0.2) is 8.42 Å². The molecule has 0 aliphatic heterocycles. The molecule has 0 aliphatic carbocycles. The Morgan fingerprint density at radius 2 is 1.80 bits per heavy atom.